The molecule has 4 heterocycles. The SMILES string of the molecule is COc1ccc2nc(-c3nn4c(-c5ccncc5)nnc4s3)ccc2c1. The summed E-state index contributed by atoms with van der Waals surface area (Å²) in [6.45, 7) is 0. The van der Waals surface area contributed by atoms with Crippen molar-refractivity contribution in [2.24, 2.45) is 0 Å². The molecule has 4 aromatic heterocycles. The Balaban J connectivity index is 1.61. The predicted molar refractivity (Wildman–Crippen MR) is 99.2 cm³/mol. The molecule has 0 atom stereocenters. The quantitative estimate of drug-likeness (QED) is 0.490. The lowest BCUT2D eigenvalue weighted by Gasteiger charge is -2.03. The van der Waals surface area contributed by atoms with Crippen molar-refractivity contribution in [3.8, 4) is 27.8 Å². The first-order valence-electron chi connectivity index (χ1n) is 7.90. The Labute approximate surface area is 151 Å². The summed E-state index contributed by atoms with van der Waals surface area (Å²) in [7, 11) is 1.66. The normalized spacial score (nSPS) is 11.3. The van der Waals surface area contributed by atoms with E-state index in [1.165, 1.54) is 11.3 Å². The van der Waals surface area contributed by atoms with Gasteiger partial charge in [-0.2, -0.15) is 9.61 Å². The molecule has 8 heteroatoms. The molecule has 0 amide bonds. The van der Waals surface area contributed by atoms with Gasteiger partial charge in [-0.1, -0.05) is 17.4 Å². The van der Waals surface area contributed by atoms with Gasteiger partial charge in [0.1, 0.15) is 11.4 Å². The number of methoxy groups -OCH3 is 1. The Morgan fingerprint density at radius 1 is 1.00 bits per heavy atom. The first kappa shape index (κ1) is 14.9. The number of hydrogen-bond acceptors (Lipinski definition) is 7. The van der Waals surface area contributed by atoms with Crippen molar-refractivity contribution in [1.82, 2.24) is 29.8 Å². The van der Waals surface area contributed by atoms with Crippen LogP contribution in [-0.4, -0.2) is 36.9 Å². The molecule has 0 fully saturated rings. The smallest absolute Gasteiger partial charge is 0.235 e. The van der Waals surface area contributed by atoms with E-state index in [4.69, 9.17) is 9.72 Å². The third-order valence-electron chi connectivity index (χ3n) is 4.04. The van der Waals surface area contributed by atoms with Crippen molar-refractivity contribution < 1.29 is 4.74 Å². The summed E-state index contributed by atoms with van der Waals surface area (Å²) >= 11 is 1.46. The van der Waals surface area contributed by atoms with Crippen LogP contribution in [0.5, 0.6) is 5.75 Å². The predicted octanol–water partition coefficient (Wildman–Crippen LogP) is 3.47. The molecular formula is C18H12N6OS. The molecule has 0 radical (unpaired) electrons. The number of hydrogen-bond donors (Lipinski definition) is 0. The van der Waals surface area contributed by atoms with E-state index in [-0.39, 0.29) is 0 Å². The van der Waals surface area contributed by atoms with Gasteiger partial charge in [-0.3, -0.25) is 4.98 Å². The molecule has 1 aromatic carbocycles. The van der Waals surface area contributed by atoms with E-state index >= 15 is 0 Å². The van der Waals surface area contributed by atoms with E-state index in [0.29, 0.717) is 5.82 Å². The first-order chi connectivity index (χ1) is 12.8. The molecule has 26 heavy (non-hydrogen) atoms. The summed E-state index contributed by atoms with van der Waals surface area (Å²) < 4.78 is 7.01. The zero-order chi connectivity index (χ0) is 17.5. The summed E-state index contributed by atoms with van der Waals surface area (Å²) in [6, 6.07) is 13.6. The van der Waals surface area contributed by atoms with Gasteiger partial charge >= 0.3 is 0 Å². The third kappa shape index (κ3) is 2.39. The van der Waals surface area contributed by atoms with Crippen LogP contribution in [0.15, 0.2) is 54.9 Å². The summed E-state index contributed by atoms with van der Waals surface area (Å²) in [5, 5.41) is 14.9. The molecule has 0 aliphatic rings. The zero-order valence-corrected chi connectivity index (χ0v) is 14.5. The fraction of sp³-hybridized carbons (Fsp3) is 0.0556. The van der Waals surface area contributed by atoms with Gasteiger partial charge in [0.2, 0.25) is 4.96 Å². The Kier molecular flexibility index (Phi) is 3.36. The topological polar surface area (TPSA) is 78.1 Å². The molecule has 0 unspecified atom stereocenters. The fourth-order valence-electron chi connectivity index (χ4n) is 2.75. The zero-order valence-electron chi connectivity index (χ0n) is 13.7. The second-order valence-corrected chi connectivity index (χ2v) is 6.57. The van der Waals surface area contributed by atoms with Gasteiger partial charge < -0.3 is 4.74 Å². The van der Waals surface area contributed by atoms with Crippen LogP contribution in [0.3, 0.4) is 0 Å². The highest BCUT2D eigenvalue weighted by atomic mass is 32.1. The number of rotatable bonds is 3. The summed E-state index contributed by atoms with van der Waals surface area (Å²) in [4.78, 5) is 9.48. The minimum Gasteiger partial charge on any atom is -0.497 e. The molecule has 0 N–H and O–H groups in total. The van der Waals surface area contributed by atoms with E-state index in [0.717, 1.165) is 37.9 Å². The van der Waals surface area contributed by atoms with Gasteiger partial charge in [0.25, 0.3) is 0 Å². The molecule has 0 saturated heterocycles. The standard InChI is InChI=1S/C18H12N6OS/c1-25-13-3-5-14-12(10-13)2-4-15(20-14)17-23-24-16(21-22-18(24)26-17)11-6-8-19-9-7-11/h2-10H,1H3. The number of nitrogens with zero attached hydrogens (tertiary/aromatic N) is 6. The monoisotopic (exact) mass is 360 g/mol. The van der Waals surface area contributed by atoms with Gasteiger partial charge in [0.15, 0.2) is 10.8 Å². The molecule has 0 aliphatic heterocycles. The Bertz CT molecular complexity index is 1230. The Morgan fingerprint density at radius 3 is 2.73 bits per heavy atom. The van der Waals surface area contributed by atoms with Crippen LogP contribution in [0.25, 0.3) is 38.0 Å². The minimum atomic E-state index is 0.690. The largest absolute Gasteiger partial charge is 0.497 e. The van der Waals surface area contributed by atoms with Crippen molar-refractivity contribution in [2.75, 3.05) is 7.11 Å². The fourth-order valence-corrected chi connectivity index (χ4v) is 3.56. The van der Waals surface area contributed by atoms with Crippen molar-refractivity contribution >= 4 is 27.2 Å². The third-order valence-corrected chi connectivity index (χ3v) is 4.97. The number of pyridine rings is 2. The van der Waals surface area contributed by atoms with Crippen molar-refractivity contribution in [2.45, 2.75) is 0 Å². The van der Waals surface area contributed by atoms with Crippen LogP contribution < -0.4 is 4.74 Å². The second kappa shape index (κ2) is 5.85. The maximum Gasteiger partial charge on any atom is 0.235 e. The molecular weight excluding hydrogens is 348 g/mol. The number of aromatic nitrogens is 6. The van der Waals surface area contributed by atoms with Crippen LogP contribution in [0.2, 0.25) is 0 Å². The van der Waals surface area contributed by atoms with Gasteiger partial charge in [-0.05, 0) is 36.4 Å². The van der Waals surface area contributed by atoms with Crippen LogP contribution in [-0.2, 0) is 0 Å². The number of ether oxygens (including phenoxy) is 1. The number of benzene rings is 1. The second-order valence-electron chi connectivity index (χ2n) is 5.62. The van der Waals surface area contributed by atoms with Gasteiger partial charge in [-0.25, -0.2) is 4.98 Å². The van der Waals surface area contributed by atoms with E-state index in [2.05, 4.69) is 20.3 Å². The maximum absolute atomic E-state index is 5.26. The average Bonchev–Trinajstić information content (AvgIpc) is 3.28. The van der Waals surface area contributed by atoms with E-state index < -0.39 is 0 Å². The first-order valence-corrected chi connectivity index (χ1v) is 8.71. The summed E-state index contributed by atoms with van der Waals surface area (Å²) in [6.07, 6.45) is 3.45. The van der Waals surface area contributed by atoms with Crippen LogP contribution >= 0.6 is 11.3 Å². The van der Waals surface area contributed by atoms with Gasteiger partial charge in [-0.15, -0.1) is 10.2 Å². The van der Waals surface area contributed by atoms with Crippen molar-refractivity contribution in [3.63, 3.8) is 0 Å². The molecule has 126 valence electrons. The lowest BCUT2D eigenvalue weighted by atomic mass is 10.2. The molecule has 5 aromatic rings. The Hall–Kier alpha value is -3.39. The van der Waals surface area contributed by atoms with Crippen LogP contribution in [0.4, 0.5) is 0 Å². The Morgan fingerprint density at radius 2 is 1.88 bits per heavy atom. The molecule has 0 saturated carbocycles. The van der Waals surface area contributed by atoms with E-state index in [1.807, 2.05) is 42.5 Å². The van der Waals surface area contributed by atoms with Crippen LogP contribution in [0.1, 0.15) is 0 Å². The highest BCUT2D eigenvalue weighted by Gasteiger charge is 2.15. The van der Waals surface area contributed by atoms with Gasteiger partial charge in [0, 0.05) is 23.3 Å². The number of fused-ring (bicyclic) bond motifs is 2. The van der Waals surface area contributed by atoms with Crippen molar-refractivity contribution in [1.29, 1.82) is 0 Å². The maximum atomic E-state index is 5.26. The molecule has 7 nitrogen and oxygen atoms in total. The molecule has 5 rings (SSSR count). The summed E-state index contributed by atoms with van der Waals surface area (Å²) in [5.41, 5.74) is 2.62. The van der Waals surface area contributed by atoms with E-state index in [1.54, 1.807) is 24.0 Å². The van der Waals surface area contributed by atoms with Gasteiger partial charge in [0.05, 0.1) is 12.6 Å². The lowest BCUT2D eigenvalue weighted by molar-refractivity contribution is 0.415. The average molecular weight is 360 g/mol. The van der Waals surface area contributed by atoms with Crippen LogP contribution in [0, 0.1) is 0 Å². The highest BCUT2D eigenvalue weighted by Crippen LogP contribution is 2.29. The summed E-state index contributed by atoms with van der Waals surface area (Å²) in [5.74, 6) is 1.50. The van der Waals surface area contributed by atoms with E-state index in [9.17, 15) is 0 Å². The lowest BCUT2D eigenvalue weighted by Crippen LogP contribution is -1.92. The minimum absolute atomic E-state index is 0.690. The molecule has 0 aliphatic carbocycles. The van der Waals surface area contributed by atoms with Crippen molar-refractivity contribution in [3.05, 3.63) is 54.9 Å². The molecule has 0 spiro atoms. The highest BCUT2D eigenvalue weighted by molar-refractivity contribution is 7.19. The molecule has 0 bridgehead atoms.